The van der Waals surface area contributed by atoms with Crippen LogP contribution in [-0.2, 0) is 11.3 Å². The van der Waals surface area contributed by atoms with E-state index in [1.807, 2.05) is 58.5 Å². The first-order chi connectivity index (χ1) is 13.1. The summed E-state index contributed by atoms with van der Waals surface area (Å²) in [6.07, 6.45) is 1.46. The summed E-state index contributed by atoms with van der Waals surface area (Å²) >= 11 is 1.47. The maximum absolute atomic E-state index is 13.0. The lowest BCUT2D eigenvalue weighted by Gasteiger charge is -2.34. The van der Waals surface area contributed by atoms with Crippen LogP contribution in [0.15, 0.2) is 41.8 Å². The fourth-order valence-electron chi connectivity index (χ4n) is 3.44. The van der Waals surface area contributed by atoms with Crippen LogP contribution in [-0.4, -0.2) is 48.4 Å². The maximum atomic E-state index is 13.0. The lowest BCUT2D eigenvalue weighted by atomic mass is 9.95. The molecule has 0 bridgehead atoms. The summed E-state index contributed by atoms with van der Waals surface area (Å²) < 4.78 is 5.19. The molecule has 5 nitrogen and oxygen atoms in total. The molecule has 144 valence electrons. The quantitative estimate of drug-likeness (QED) is 0.761. The highest BCUT2D eigenvalue weighted by molar-refractivity contribution is 7.12. The summed E-state index contributed by atoms with van der Waals surface area (Å²) in [7, 11) is 1.65. The maximum Gasteiger partial charge on any atom is 0.263 e. The van der Waals surface area contributed by atoms with Gasteiger partial charge in [-0.25, -0.2) is 0 Å². The third-order valence-corrected chi connectivity index (χ3v) is 5.95. The zero-order chi connectivity index (χ0) is 19.2. The number of carbonyl (C=O) groups excluding carboxylic acids is 2. The zero-order valence-electron chi connectivity index (χ0n) is 15.9. The van der Waals surface area contributed by atoms with Crippen molar-refractivity contribution in [2.75, 3.05) is 26.7 Å². The van der Waals surface area contributed by atoms with Gasteiger partial charge in [0.05, 0.1) is 12.0 Å². The first kappa shape index (κ1) is 19.4. The van der Waals surface area contributed by atoms with Gasteiger partial charge in [-0.2, -0.15) is 0 Å². The fraction of sp³-hybridized carbons (Fsp3) is 0.429. The van der Waals surface area contributed by atoms with Gasteiger partial charge >= 0.3 is 0 Å². The molecule has 3 rings (SSSR count). The summed E-state index contributed by atoms with van der Waals surface area (Å²) in [4.78, 5) is 30.0. The van der Waals surface area contributed by atoms with Gasteiger partial charge in [-0.1, -0.05) is 18.2 Å². The average Bonchev–Trinajstić information content (AvgIpc) is 3.26. The normalized spacial score (nSPS) is 14.8. The molecule has 0 radical (unpaired) electrons. The van der Waals surface area contributed by atoms with Crippen LogP contribution in [0, 0.1) is 5.92 Å². The number of hydrogen-bond donors (Lipinski definition) is 0. The molecule has 1 aromatic heterocycles. The van der Waals surface area contributed by atoms with Gasteiger partial charge in [-0.05, 0) is 48.9 Å². The summed E-state index contributed by atoms with van der Waals surface area (Å²) in [6.45, 7) is 4.59. The van der Waals surface area contributed by atoms with Crippen LogP contribution in [0.1, 0.15) is 35.0 Å². The van der Waals surface area contributed by atoms with E-state index < -0.39 is 0 Å². The van der Waals surface area contributed by atoms with E-state index in [0.29, 0.717) is 26.2 Å². The van der Waals surface area contributed by atoms with E-state index in [4.69, 9.17) is 4.74 Å². The van der Waals surface area contributed by atoms with E-state index in [9.17, 15) is 9.59 Å². The molecule has 0 atom stereocenters. The largest absolute Gasteiger partial charge is 0.497 e. The van der Waals surface area contributed by atoms with Gasteiger partial charge in [-0.15, -0.1) is 11.3 Å². The number of nitrogens with zero attached hydrogens (tertiary/aromatic N) is 2. The Morgan fingerprint density at radius 1 is 1.19 bits per heavy atom. The topological polar surface area (TPSA) is 49.9 Å². The molecule has 2 amide bonds. The van der Waals surface area contributed by atoms with Gasteiger partial charge in [0, 0.05) is 32.1 Å². The van der Waals surface area contributed by atoms with E-state index in [0.717, 1.165) is 29.0 Å². The summed E-state index contributed by atoms with van der Waals surface area (Å²) in [5.74, 6) is 1.09. The van der Waals surface area contributed by atoms with Crippen molar-refractivity contribution in [1.82, 2.24) is 9.80 Å². The number of thiophene rings is 1. The second-order valence-corrected chi connectivity index (χ2v) is 7.69. The molecule has 27 heavy (non-hydrogen) atoms. The Balaban J connectivity index is 1.55. The molecule has 1 saturated heterocycles. The van der Waals surface area contributed by atoms with Crippen LogP contribution in [0.4, 0.5) is 0 Å². The van der Waals surface area contributed by atoms with Crippen molar-refractivity contribution in [2.24, 2.45) is 5.92 Å². The predicted octanol–water partition coefficient (Wildman–Crippen LogP) is 3.66. The highest BCUT2D eigenvalue weighted by Gasteiger charge is 2.30. The molecule has 1 aliphatic heterocycles. The second-order valence-electron chi connectivity index (χ2n) is 6.74. The molecule has 1 aromatic carbocycles. The van der Waals surface area contributed by atoms with Crippen LogP contribution in [0.3, 0.4) is 0 Å². The van der Waals surface area contributed by atoms with E-state index in [1.54, 1.807) is 7.11 Å². The van der Waals surface area contributed by atoms with E-state index >= 15 is 0 Å². The lowest BCUT2D eigenvalue weighted by Crippen LogP contribution is -2.44. The van der Waals surface area contributed by atoms with Crippen molar-refractivity contribution >= 4 is 23.2 Å². The predicted molar refractivity (Wildman–Crippen MR) is 107 cm³/mol. The Labute approximate surface area is 164 Å². The average molecular weight is 387 g/mol. The van der Waals surface area contributed by atoms with Gasteiger partial charge in [0.1, 0.15) is 5.75 Å². The zero-order valence-corrected chi connectivity index (χ0v) is 16.7. The molecular formula is C21H26N2O3S. The molecular weight excluding hydrogens is 360 g/mol. The van der Waals surface area contributed by atoms with Gasteiger partial charge in [0.15, 0.2) is 0 Å². The number of rotatable bonds is 6. The number of hydrogen-bond acceptors (Lipinski definition) is 4. The molecule has 2 heterocycles. The van der Waals surface area contributed by atoms with Crippen molar-refractivity contribution in [3.05, 3.63) is 52.2 Å². The minimum Gasteiger partial charge on any atom is -0.497 e. The number of piperidine rings is 1. The summed E-state index contributed by atoms with van der Waals surface area (Å²) in [6, 6.07) is 11.6. The third-order valence-electron chi connectivity index (χ3n) is 5.09. The molecule has 2 aromatic rings. The molecule has 0 spiro atoms. The molecule has 0 aliphatic carbocycles. The summed E-state index contributed by atoms with van der Waals surface area (Å²) in [5, 5.41) is 1.92. The van der Waals surface area contributed by atoms with E-state index in [-0.39, 0.29) is 17.7 Å². The van der Waals surface area contributed by atoms with Crippen molar-refractivity contribution in [3.8, 4) is 5.75 Å². The first-order valence-corrected chi connectivity index (χ1v) is 10.2. The van der Waals surface area contributed by atoms with Crippen LogP contribution >= 0.6 is 11.3 Å². The highest BCUT2D eigenvalue weighted by atomic mass is 32.1. The lowest BCUT2D eigenvalue weighted by molar-refractivity contribution is -0.137. The fourth-order valence-corrected chi connectivity index (χ4v) is 4.13. The molecule has 1 fully saturated rings. The number of likely N-dealkylation sites (tertiary alicyclic amines) is 1. The Hall–Kier alpha value is -2.34. The Morgan fingerprint density at radius 3 is 2.44 bits per heavy atom. The number of benzene rings is 1. The van der Waals surface area contributed by atoms with Gasteiger partial charge < -0.3 is 14.5 Å². The van der Waals surface area contributed by atoms with E-state index in [1.165, 1.54) is 11.3 Å². The number of ether oxygens (including phenoxy) is 1. The van der Waals surface area contributed by atoms with Crippen LogP contribution in [0.2, 0.25) is 0 Å². The number of methoxy groups -OCH3 is 1. The Morgan fingerprint density at radius 2 is 1.89 bits per heavy atom. The molecule has 1 aliphatic rings. The third kappa shape index (κ3) is 4.69. The molecule has 0 unspecified atom stereocenters. The Bertz CT molecular complexity index is 750. The van der Waals surface area contributed by atoms with Gasteiger partial charge in [0.25, 0.3) is 5.91 Å². The first-order valence-electron chi connectivity index (χ1n) is 9.37. The highest BCUT2D eigenvalue weighted by Crippen LogP contribution is 2.23. The van der Waals surface area contributed by atoms with Crippen molar-refractivity contribution in [2.45, 2.75) is 26.3 Å². The molecule has 0 N–H and O–H groups in total. The van der Waals surface area contributed by atoms with Crippen molar-refractivity contribution < 1.29 is 14.3 Å². The minimum atomic E-state index is -0.00409. The van der Waals surface area contributed by atoms with Gasteiger partial charge in [-0.3, -0.25) is 9.59 Å². The van der Waals surface area contributed by atoms with Crippen molar-refractivity contribution in [3.63, 3.8) is 0 Å². The number of amides is 2. The Kier molecular flexibility index (Phi) is 6.50. The van der Waals surface area contributed by atoms with Crippen molar-refractivity contribution in [1.29, 1.82) is 0 Å². The summed E-state index contributed by atoms with van der Waals surface area (Å²) in [5.41, 5.74) is 1.09. The van der Waals surface area contributed by atoms with E-state index in [2.05, 4.69) is 0 Å². The minimum absolute atomic E-state index is 0.00409. The van der Waals surface area contributed by atoms with Gasteiger partial charge in [0.2, 0.25) is 5.91 Å². The second kappa shape index (κ2) is 9.04. The standard InChI is InChI=1S/C21H26N2O3S/c1-3-22(15-16-6-8-18(26-2)9-7-16)20(24)17-10-12-23(13-11-17)21(25)19-5-4-14-27-19/h4-9,14,17H,3,10-13,15H2,1-2H3. The van der Waals surface area contributed by atoms with Crippen LogP contribution in [0.5, 0.6) is 5.75 Å². The smallest absolute Gasteiger partial charge is 0.263 e. The molecule has 6 heteroatoms. The monoisotopic (exact) mass is 386 g/mol. The number of carbonyl (C=O) groups is 2. The molecule has 0 saturated carbocycles. The SMILES string of the molecule is CCN(Cc1ccc(OC)cc1)C(=O)C1CCN(C(=O)c2cccs2)CC1. The van der Waals surface area contributed by atoms with Crippen LogP contribution < -0.4 is 4.74 Å². The van der Waals surface area contributed by atoms with Crippen LogP contribution in [0.25, 0.3) is 0 Å².